The van der Waals surface area contributed by atoms with Crippen LogP contribution >= 0.6 is 11.6 Å². The minimum Gasteiger partial charge on any atom is -0.459 e. The van der Waals surface area contributed by atoms with Crippen molar-refractivity contribution in [3.8, 4) is 11.5 Å². The van der Waals surface area contributed by atoms with Crippen molar-refractivity contribution in [1.82, 2.24) is 4.90 Å². The molecule has 1 amide bonds. The van der Waals surface area contributed by atoms with Crippen LogP contribution < -0.4 is 0 Å². The zero-order chi connectivity index (χ0) is 21.1. The van der Waals surface area contributed by atoms with E-state index < -0.39 is 40.7 Å². The second kappa shape index (κ2) is 8.68. The molecule has 3 atom stereocenters. The largest absolute Gasteiger partial charge is 0.459 e. The Bertz CT molecular complexity index is 902. The third-order valence-electron chi connectivity index (χ3n) is 4.05. The molecule has 0 saturated carbocycles. The van der Waals surface area contributed by atoms with E-state index >= 15 is 0 Å². The van der Waals surface area contributed by atoms with E-state index in [-0.39, 0.29) is 23.8 Å². The smallest absolute Gasteiger partial charge is 0.303 e. The normalized spacial score (nSPS) is 21.0. The molecule has 1 aromatic rings. The van der Waals surface area contributed by atoms with E-state index in [2.05, 4.69) is 11.5 Å². The molecule has 28 heavy (non-hydrogen) atoms. The Balaban J connectivity index is 2.31. The summed E-state index contributed by atoms with van der Waals surface area (Å²) in [5.74, 6) is 2.19. The fourth-order valence-electron chi connectivity index (χ4n) is 2.76. The van der Waals surface area contributed by atoms with E-state index in [1.807, 2.05) is 19.6 Å². The van der Waals surface area contributed by atoms with Crippen molar-refractivity contribution in [1.29, 1.82) is 0 Å². The molecular weight excluding hydrogens is 418 g/mol. The van der Waals surface area contributed by atoms with E-state index in [1.165, 1.54) is 24.0 Å². The zero-order valence-corrected chi connectivity index (χ0v) is 18.9. The monoisotopic (exact) mass is 441 g/mol. The van der Waals surface area contributed by atoms with Crippen LogP contribution in [0, 0.1) is 11.5 Å². The summed E-state index contributed by atoms with van der Waals surface area (Å²) in [7, 11) is -5.60. The van der Waals surface area contributed by atoms with Gasteiger partial charge in [-0.15, -0.1) is 17.1 Å². The molecule has 1 fully saturated rings. The Morgan fingerprint density at radius 2 is 1.93 bits per heavy atom. The standard InChI is InChI=1S/C19H24ClNO5SSi/c1-14(22)26-17-12-19(23)21(16(17)10-11-28(2,3)4)13-18(20)27(24,25)15-8-6-5-7-9-15/h5-9,16-18H,12-13H2,1-4H3/t16-,17-,18?/m0/s1. The van der Waals surface area contributed by atoms with Crippen LogP contribution in [0.4, 0.5) is 0 Å². The van der Waals surface area contributed by atoms with Crippen LogP contribution in [0.1, 0.15) is 13.3 Å². The van der Waals surface area contributed by atoms with Crippen molar-refractivity contribution in [3.63, 3.8) is 0 Å². The van der Waals surface area contributed by atoms with Crippen LogP contribution in [0.2, 0.25) is 19.6 Å². The fraction of sp³-hybridized carbons (Fsp3) is 0.474. The Morgan fingerprint density at radius 1 is 1.32 bits per heavy atom. The second-order valence-corrected chi connectivity index (χ2v) is 15.3. The predicted octanol–water partition coefficient (Wildman–Crippen LogP) is 2.44. The summed E-state index contributed by atoms with van der Waals surface area (Å²) in [6.07, 6.45) is -0.781. The van der Waals surface area contributed by atoms with Crippen LogP contribution in [-0.2, 0) is 24.2 Å². The number of rotatable bonds is 5. The lowest BCUT2D eigenvalue weighted by molar-refractivity contribution is -0.146. The number of ether oxygens (including phenoxy) is 1. The lowest BCUT2D eigenvalue weighted by Gasteiger charge is -2.26. The maximum absolute atomic E-state index is 12.7. The Hall–Kier alpha value is -1.82. The number of benzene rings is 1. The first-order chi connectivity index (χ1) is 12.9. The number of hydrogen-bond acceptors (Lipinski definition) is 5. The number of halogens is 1. The van der Waals surface area contributed by atoms with Gasteiger partial charge >= 0.3 is 5.97 Å². The third kappa shape index (κ3) is 5.60. The number of carbonyl (C=O) groups is 2. The minimum absolute atomic E-state index is 0.0420. The van der Waals surface area contributed by atoms with Gasteiger partial charge in [0.05, 0.1) is 17.9 Å². The van der Waals surface area contributed by atoms with Gasteiger partial charge in [0.2, 0.25) is 5.91 Å². The number of likely N-dealkylation sites (tertiary alicyclic amines) is 1. The fourth-order valence-corrected chi connectivity index (χ4v) is 4.99. The average Bonchev–Trinajstić information content (AvgIpc) is 2.87. The van der Waals surface area contributed by atoms with Gasteiger partial charge in [0.15, 0.2) is 14.5 Å². The number of alkyl halides is 1. The minimum atomic E-state index is -3.83. The van der Waals surface area contributed by atoms with Crippen LogP contribution in [0.5, 0.6) is 0 Å². The molecule has 2 rings (SSSR count). The Labute approximate surface area is 172 Å². The molecule has 152 valence electrons. The van der Waals surface area contributed by atoms with E-state index in [4.69, 9.17) is 16.3 Å². The number of hydrogen-bond donors (Lipinski definition) is 0. The summed E-state index contributed by atoms with van der Waals surface area (Å²) in [4.78, 5) is 25.3. The van der Waals surface area contributed by atoms with Crippen molar-refractivity contribution in [2.75, 3.05) is 6.54 Å². The first kappa shape index (κ1) is 22.5. The van der Waals surface area contributed by atoms with Gasteiger partial charge < -0.3 is 9.64 Å². The summed E-state index contributed by atoms with van der Waals surface area (Å²) in [6.45, 7) is 7.17. The Morgan fingerprint density at radius 3 is 2.46 bits per heavy atom. The lowest BCUT2D eigenvalue weighted by atomic mass is 10.2. The molecule has 0 spiro atoms. The summed E-state index contributed by atoms with van der Waals surface area (Å²) in [5.41, 5.74) is 3.17. The topological polar surface area (TPSA) is 80.8 Å². The molecule has 0 aromatic heterocycles. The molecule has 1 unspecified atom stereocenters. The number of amides is 1. The van der Waals surface area contributed by atoms with Gasteiger partial charge in [-0.3, -0.25) is 9.59 Å². The van der Waals surface area contributed by atoms with Crippen molar-refractivity contribution < 1.29 is 22.7 Å². The zero-order valence-electron chi connectivity index (χ0n) is 16.3. The molecule has 0 radical (unpaired) electrons. The summed E-state index contributed by atoms with van der Waals surface area (Å²) < 4.78 is 29.4. The molecule has 1 aliphatic heterocycles. The molecule has 6 nitrogen and oxygen atoms in total. The first-order valence-corrected chi connectivity index (χ1v) is 14.3. The highest BCUT2D eigenvalue weighted by atomic mass is 35.5. The van der Waals surface area contributed by atoms with Gasteiger partial charge in [-0.25, -0.2) is 8.42 Å². The van der Waals surface area contributed by atoms with E-state index in [1.54, 1.807) is 18.2 Å². The predicted molar refractivity (Wildman–Crippen MR) is 110 cm³/mol. The first-order valence-electron chi connectivity index (χ1n) is 8.84. The second-order valence-electron chi connectivity index (χ2n) is 7.63. The summed E-state index contributed by atoms with van der Waals surface area (Å²) >= 11 is 6.23. The Kier molecular flexibility index (Phi) is 6.96. The van der Waals surface area contributed by atoms with E-state index in [9.17, 15) is 18.0 Å². The van der Waals surface area contributed by atoms with Gasteiger partial charge in [0.1, 0.15) is 20.2 Å². The molecule has 1 heterocycles. The number of esters is 1. The van der Waals surface area contributed by atoms with Gasteiger partial charge in [0.25, 0.3) is 0 Å². The quantitative estimate of drug-likeness (QED) is 0.303. The highest BCUT2D eigenvalue weighted by molar-refractivity contribution is 7.93. The SMILES string of the molecule is CC(=O)O[C@H]1CC(=O)N(CC(Cl)S(=O)(=O)c2ccccc2)[C@H]1C#C[Si](C)(C)C. The molecular formula is C19H24ClNO5SSi. The van der Waals surface area contributed by atoms with Crippen molar-refractivity contribution in [2.45, 2.75) is 54.7 Å². The van der Waals surface area contributed by atoms with Crippen molar-refractivity contribution in [3.05, 3.63) is 30.3 Å². The molecule has 1 saturated heterocycles. The lowest BCUT2D eigenvalue weighted by Crippen LogP contribution is -2.42. The third-order valence-corrected chi connectivity index (χ3v) is 7.53. The van der Waals surface area contributed by atoms with E-state index in [0.717, 1.165) is 0 Å². The summed E-state index contributed by atoms with van der Waals surface area (Å²) in [5, 5.41) is 0. The van der Waals surface area contributed by atoms with Gasteiger partial charge in [0, 0.05) is 6.92 Å². The van der Waals surface area contributed by atoms with Gasteiger partial charge in [-0.1, -0.05) is 43.8 Å². The number of carbonyl (C=O) groups excluding carboxylic acids is 2. The average molecular weight is 442 g/mol. The van der Waals surface area contributed by atoms with Gasteiger partial charge in [-0.2, -0.15) is 0 Å². The van der Waals surface area contributed by atoms with Crippen LogP contribution in [0.25, 0.3) is 0 Å². The van der Waals surface area contributed by atoms with Crippen LogP contribution in [-0.4, -0.2) is 56.7 Å². The molecule has 0 bridgehead atoms. The maximum atomic E-state index is 12.7. The molecule has 1 aliphatic rings. The molecule has 9 heteroatoms. The van der Waals surface area contributed by atoms with Crippen LogP contribution in [0.3, 0.4) is 0 Å². The van der Waals surface area contributed by atoms with Crippen LogP contribution in [0.15, 0.2) is 35.2 Å². The number of sulfone groups is 1. The highest BCUT2D eigenvalue weighted by Crippen LogP contribution is 2.27. The van der Waals surface area contributed by atoms with Crippen molar-refractivity contribution in [2.24, 2.45) is 0 Å². The number of nitrogens with zero attached hydrogens (tertiary/aromatic N) is 1. The van der Waals surface area contributed by atoms with Crippen molar-refractivity contribution >= 4 is 41.4 Å². The molecule has 1 aromatic carbocycles. The molecule has 0 aliphatic carbocycles. The van der Waals surface area contributed by atoms with E-state index in [0.29, 0.717) is 0 Å². The molecule has 0 N–H and O–H groups in total. The summed E-state index contributed by atoms with van der Waals surface area (Å²) in [6, 6.07) is 7.13. The highest BCUT2D eigenvalue weighted by Gasteiger charge is 2.43. The maximum Gasteiger partial charge on any atom is 0.303 e. The van der Waals surface area contributed by atoms with Gasteiger partial charge in [-0.05, 0) is 12.1 Å².